The molecule has 5 nitrogen and oxygen atoms in total. The average molecular weight is 308 g/mol. The summed E-state index contributed by atoms with van der Waals surface area (Å²) in [7, 11) is 4.69. The first-order valence-electron chi connectivity index (χ1n) is 7.71. The summed E-state index contributed by atoms with van der Waals surface area (Å²) >= 11 is 0. The Hall–Kier alpha value is -1.78. The Bertz CT molecular complexity index is 572. The Morgan fingerprint density at radius 3 is 2.50 bits per heavy atom. The molecular formula is C17H28N2O3. The summed E-state index contributed by atoms with van der Waals surface area (Å²) in [6.07, 6.45) is 6.07. The van der Waals surface area contributed by atoms with Crippen molar-refractivity contribution in [3.8, 4) is 11.9 Å². The maximum Gasteiger partial charge on any atom is 0.301 e. The van der Waals surface area contributed by atoms with E-state index in [1.807, 2.05) is 0 Å². The van der Waals surface area contributed by atoms with Crippen LogP contribution >= 0.6 is 0 Å². The zero-order valence-electron chi connectivity index (χ0n) is 14.6. The van der Waals surface area contributed by atoms with Crippen molar-refractivity contribution in [1.82, 2.24) is 9.55 Å². The first-order chi connectivity index (χ1) is 10.4. The molecule has 124 valence electrons. The molecule has 1 atom stereocenters. The zero-order chi connectivity index (χ0) is 16.7. The summed E-state index contributed by atoms with van der Waals surface area (Å²) in [5.74, 6) is 0.920. The van der Waals surface area contributed by atoms with E-state index in [0.29, 0.717) is 23.8 Å². The molecule has 0 fully saturated rings. The standard InChI is InChI=1S/C17H28N2O3/c1-12(2)8-7-9-13(3)10-11-14-15(21-5)18-17(22-6)19(4)16(14)20/h8,13H,7,9-11H2,1-6H3/t13-/m1/s1. The quantitative estimate of drug-likeness (QED) is 0.692. The van der Waals surface area contributed by atoms with Gasteiger partial charge in [0, 0.05) is 7.05 Å². The minimum absolute atomic E-state index is 0.0970. The van der Waals surface area contributed by atoms with Crippen molar-refractivity contribution in [3.05, 3.63) is 27.6 Å². The van der Waals surface area contributed by atoms with Crippen LogP contribution in [-0.4, -0.2) is 23.8 Å². The van der Waals surface area contributed by atoms with Crippen LogP contribution in [0, 0.1) is 5.92 Å². The van der Waals surface area contributed by atoms with Gasteiger partial charge in [0.2, 0.25) is 5.88 Å². The van der Waals surface area contributed by atoms with Gasteiger partial charge in [0.15, 0.2) is 0 Å². The molecule has 0 unspecified atom stereocenters. The lowest BCUT2D eigenvalue weighted by Gasteiger charge is -2.14. The molecule has 0 aliphatic rings. The number of rotatable bonds is 8. The van der Waals surface area contributed by atoms with Crippen LogP contribution in [0.15, 0.2) is 16.4 Å². The number of hydrogen-bond donors (Lipinski definition) is 0. The summed E-state index contributed by atoms with van der Waals surface area (Å²) < 4.78 is 11.8. The fourth-order valence-electron chi connectivity index (χ4n) is 2.37. The van der Waals surface area contributed by atoms with Crippen LogP contribution in [-0.2, 0) is 13.5 Å². The van der Waals surface area contributed by atoms with Gasteiger partial charge in [0.25, 0.3) is 5.56 Å². The Kier molecular flexibility index (Phi) is 7.15. The molecule has 1 heterocycles. The molecule has 22 heavy (non-hydrogen) atoms. The van der Waals surface area contributed by atoms with Gasteiger partial charge in [0.1, 0.15) is 0 Å². The lowest BCUT2D eigenvalue weighted by Crippen LogP contribution is -2.25. The van der Waals surface area contributed by atoms with Gasteiger partial charge in [-0.05, 0) is 45.4 Å². The second-order valence-corrected chi connectivity index (χ2v) is 5.95. The van der Waals surface area contributed by atoms with Crippen molar-refractivity contribution in [3.63, 3.8) is 0 Å². The summed E-state index contributed by atoms with van der Waals surface area (Å²) in [4.78, 5) is 16.6. The number of ether oxygens (including phenoxy) is 2. The number of aromatic nitrogens is 2. The third-order valence-electron chi connectivity index (χ3n) is 3.78. The molecule has 0 saturated heterocycles. The summed E-state index contributed by atoms with van der Waals surface area (Å²) in [6.45, 7) is 6.44. The first kappa shape index (κ1) is 18.3. The molecule has 0 aliphatic carbocycles. The number of hydrogen-bond acceptors (Lipinski definition) is 4. The third-order valence-corrected chi connectivity index (χ3v) is 3.78. The highest BCUT2D eigenvalue weighted by atomic mass is 16.5. The molecule has 0 aliphatic heterocycles. The summed E-state index contributed by atoms with van der Waals surface area (Å²) in [5, 5.41) is 0. The number of methoxy groups -OCH3 is 2. The fourth-order valence-corrected chi connectivity index (χ4v) is 2.37. The summed E-state index contributed by atoms with van der Waals surface area (Å²) in [5.41, 5.74) is 1.88. The van der Waals surface area contributed by atoms with E-state index in [2.05, 4.69) is 31.8 Å². The SMILES string of the molecule is COc1nc(OC)n(C)c(=O)c1CC[C@H](C)CCC=C(C)C. The lowest BCUT2D eigenvalue weighted by molar-refractivity contribution is 0.329. The maximum absolute atomic E-state index is 12.4. The normalized spacial score (nSPS) is 11.9. The van der Waals surface area contributed by atoms with Crippen LogP contribution in [0.3, 0.4) is 0 Å². The average Bonchev–Trinajstić information content (AvgIpc) is 2.48. The van der Waals surface area contributed by atoms with Gasteiger partial charge in [-0.3, -0.25) is 9.36 Å². The molecule has 0 N–H and O–H groups in total. The molecule has 0 bridgehead atoms. The fraction of sp³-hybridized carbons (Fsp3) is 0.647. The minimum Gasteiger partial charge on any atom is -0.481 e. The van der Waals surface area contributed by atoms with Crippen molar-refractivity contribution < 1.29 is 9.47 Å². The van der Waals surface area contributed by atoms with Crippen LogP contribution in [0.2, 0.25) is 0 Å². The van der Waals surface area contributed by atoms with E-state index in [1.54, 1.807) is 7.05 Å². The number of nitrogens with zero attached hydrogens (tertiary/aromatic N) is 2. The van der Waals surface area contributed by atoms with Gasteiger partial charge in [-0.1, -0.05) is 18.6 Å². The van der Waals surface area contributed by atoms with Gasteiger partial charge in [-0.15, -0.1) is 0 Å². The van der Waals surface area contributed by atoms with E-state index in [0.717, 1.165) is 19.3 Å². The molecule has 0 amide bonds. The van der Waals surface area contributed by atoms with Gasteiger partial charge in [-0.25, -0.2) is 0 Å². The van der Waals surface area contributed by atoms with Crippen LogP contribution < -0.4 is 15.0 Å². The van der Waals surface area contributed by atoms with Gasteiger partial charge in [-0.2, -0.15) is 4.98 Å². The van der Waals surface area contributed by atoms with E-state index in [1.165, 1.54) is 24.4 Å². The number of allylic oxidation sites excluding steroid dienone is 2. The van der Waals surface area contributed by atoms with Crippen molar-refractivity contribution in [1.29, 1.82) is 0 Å². The van der Waals surface area contributed by atoms with E-state index < -0.39 is 0 Å². The highest BCUT2D eigenvalue weighted by molar-refractivity contribution is 5.26. The van der Waals surface area contributed by atoms with Crippen molar-refractivity contribution in [2.24, 2.45) is 13.0 Å². The first-order valence-corrected chi connectivity index (χ1v) is 7.71. The molecule has 1 rings (SSSR count). The Morgan fingerprint density at radius 1 is 1.27 bits per heavy atom. The smallest absolute Gasteiger partial charge is 0.301 e. The van der Waals surface area contributed by atoms with E-state index >= 15 is 0 Å². The molecule has 0 aromatic carbocycles. The largest absolute Gasteiger partial charge is 0.481 e. The highest BCUT2D eigenvalue weighted by Gasteiger charge is 2.16. The maximum atomic E-state index is 12.4. The highest BCUT2D eigenvalue weighted by Crippen LogP contribution is 2.20. The van der Waals surface area contributed by atoms with Crippen LogP contribution in [0.5, 0.6) is 11.9 Å². The van der Waals surface area contributed by atoms with Gasteiger partial charge < -0.3 is 9.47 Å². The minimum atomic E-state index is -0.0970. The molecule has 1 aromatic heterocycles. The second kappa shape index (κ2) is 8.61. The van der Waals surface area contributed by atoms with Gasteiger partial charge >= 0.3 is 6.01 Å². The third kappa shape index (κ3) is 4.90. The molecular weight excluding hydrogens is 280 g/mol. The monoisotopic (exact) mass is 308 g/mol. The van der Waals surface area contributed by atoms with E-state index in [-0.39, 0.29) is 11.6 Å². The molecule has 5 heteroatoms. The molecule has 1 aromatic rings. The van der Waals surface area contributed by atoms with Gasteiger partial charge in [0.05, 0.1) is 19.8 Å². The molecule has 0 spiro atoms. The van der Waals surface area contributed by atoms with E-state index in [9.17, 15) is 4.79 Å². The molecule has 0 saturated carbocycles. The second-order valence-electron chi connectivity index (χ2n) is 5.95. The van der Waals surface area contributed by atoms with Crippen molar-refractivity contribution in [2.45, 2.75) is 46.5 Å². The lowest BCUT2D eigenvalue weighted by atomic mass is 9.97. The topological polar surface area (TPSA) is 53.4 Å². The van der Waals surface area contributed by atoms with Crippen LogP contribution in [0.1, 0.15) is 45.6 Å². The van der Waals surface area contributed by atoms with E-state index in [4.69, 9.17) is 9.47 Å². The summed E-state index contributed by atoms with van der Waals surface area (Å²) in [6, 6.07) is 0.266. The van der Waals surface area contributed by atoms with Crippen molar-refractivity contribution >= 4 is 0 Å². The Labute approximate surface area is 133 Å². The Morgan fingerprint density at radius 2 is 1.95 bits per heavy atom. The molecule has 0 radical (unpaired) electrons. The zero-order valence-corrected chi connectivity index (χ0v) is 14.6. The predicted octanol–water partition coefficient (Wildman–Crippen LogP) is 3.11. The Balaban J connectivity index is 2.79. The van der Waals surface area contributed by atoms with Crippen LogP contribution in [0.4, 0.5) is 0 Å². The predicted molar refractivity (Wildman–Crippen MR) is 88.7 cm³/mol. The van der Waals surface area contributed by atoms with Crippen molar-refractivity contribution in [2.75, 3.05) is 14.2 Å². The van der Waals surface area contributed by atoms with Crippen LogP contribution in [0.25, 0.3) is 0 Å².